The highest BCUT2D eigenvalue weighted by Crippen LogP contribution is 1.99. The highest BCUT2D eigenvalue weighted by molar-refractivity contribution is 5.78. The molecule has 0 aliphatic rings. The summed E-state index contributed by atoms with van der Waals surface area (Å²) in [4.78, 5) is 16.5. The maximum absolute atomic E-state index is 11.7. The average Bonchev–Trinajstić information content (AvgIpc) is 2.56. The fourth-order valence-corrected chi connectivity index (χ4v) is 2.22. The molecule has 0 aliphatic heterocycles. The van der Waals surface area contributed by atoms with E-state index < -0.39 is 0 Å². The summed E-state index contributed by atoms with van der Waals surface area (Å²) >= 11 is 0. The first kappa shape index (κ1) is 22.3. The molecular formula is C17H39N5O. The summed E-state index contributed by atoms with van der Waals surface area (Å²) in [5, 5.41) is 9.44. The largest absolute Gasteiger partial charge is 0.356 e. The quantitative estimate of drug-likeness (QED) is 0.375. The molecule has 0 spiro atoms. The zero-order valence-corrected chi connectivity index (χ0v) is 16.0. The Labute approximate surface area is 143 Å². The third-order valence-corrected chi connectivity index (χ3v) is 4.23. The van der Waals surface area contributed by atoms with Crippen LogP contribution in [0.1, 0.15) is 26.7 Å². The molecule has 0 aromatic heterocycles. The van der Waals surface area contributed by atoms with Gasteiger partial charge < -0.3 is 20.9 Å². The van der Waals surface area contributed by atoms with Crippen molar-refractivity contribution in [2.45, 2.75) is 26.7 Å². The molecule has 1 amide bonds. The number of hydrogen-bond donors (Lipinski definition) is 3. The van der Waals surface area contributed by atoms with E-state index in [1.807, 2.05) is 27.9 Å². The van der Waals surface area contributed by atoms with Crippen molar-refractivity contribution in [1.82, 2.24) is 25.8 Å². The zero-order valence-electron chi connectivity index (χ0n) is 16.0. The van der Waals surface area contributed by atoms with Crippen molar-refractivity contribution in [3.63, 3.8) is 0 Å². The second-order valence-corrected chi connectivity index (χ2v) is 6.31. The topological polar surface area (TPSA) is 59.6 Å². The maximum Gasteiger partial charge on any atom is 0.222 e. The smallest absolute Gasteiger partial charge is 0.222 e. The molecule has 0 aliphatic carbocycles. The van der Waals surface area contributed by atoms with E-state index in [0.29, 0.717) is 0 Å². The lowest BCUT2D eigenvalue weighted by molar-refractivity contribution is -0.124. The van der Waals surface area contributed by atoms with Gasteiger partial charge in [-0.25, -0.2) is 0 Å². The fraction of sp³-hybridized carbons (Fsp3) is 0.941. The molecule has 0 radical (unpaired) electrons. The number of nitrogens with one attached hydrogen (secondary N) is 3. The van der Waals surface area contributed by atoms with Crippen LogP contribution in [0.3, 0.4) is 0 Å². The third kappa shape index (κ3) is 12.4. The van der Waals surface area contributed by atoms with Gasteiger partial charge in [0.15, 0.2) is 0 Å². The SMILES string of the molecule is CCC(C)C(=O)NCCCN(C)CCN(CCNC)CCNC. The molecular weight excluding hydrogens is 290 g/mol. The average molecular weight is 330 g/mol. The molecule has 1 atom stereocenters. The molecule has 0 heterocycles. The van der Waals surface area contributed by atoms with Crippen LogP contribution in [0, 0.1) is 5.92 Å². The van der Waals surface area contributed by atoms with E-state index in [0.717, 1.165) is 65.2 Å². The van der Waals surface area contributed by atoms with Crippen LogP contribution in [-0.4, -0.2) is 89.2 Å². The predicted octanol–water partition coefficient (Wildman–Crippen LogP) is 0.211. The van der Waals surface area contributed by atoms with E-state index in [9.17, 15) is 4.79 Å². The Balaban J connectivity index is 3.81. The van der Waals surface area contributed by atoms with E-state index >= 15 is 0 Å². The number of nitrogens with zero attached hydrogens (tertiary/aromatic N) is 2. The molecule has 23 heavy (non-hydrogen) atoms. The highest BCUT2D eigenvalue weighted by Gasteiger charge is 2.09. The molecule has 0 saturated heterocycles. The Hall–Kier alpha value is -0.690. The molecule has 0 bridgehead atoms. The minimum atomic E-state index is 0.126. The van der Waals surface area contributed by atoms with Gasteiger partial charge >= 0.3 is 0 Å². The van der Waals surface area contributed by atoms with Crippen molar-refractivity contribution in [3.8, 4) is 0 Å². The van der Waals surface area contributed by atoms with E-state index in [4.69, 9.17) is 0 Å². The molecule has 6 heteroatoms. The molecule has 0 saturated carbocycles. The van der Waals surface area contributed by atoms with Gasteiger partial charge in [-0.1, -0.05) is 13.8 Å². The summed E-state index contributed by atoms with van der Waals surface area (Å²) in [7, 11) is 6.15. The maximum atomic E-state index is 11.7. The summed E-state index contributed by atoms with van der Waals surface area (Å²) < 4.78 is 0. The number of rotatable bonds is 15. The molecule has 138 valence electrons. The van der Waals surface area contributed by atoms with Gasteiger partial charge in [-0.3, -0.25) is 9.69 Å². The van der Waals surface area contributed by atoms with Crippen molar-refractivity contribution in [2.24, 2.45) is 5.92 Å². The van der Waals surface area contributed by atoms with Crippen LogP contribution < -0.4 is 16.0 Å². The number of amides is 1. The first-order chi connectivity index (χ1) is 11.0. The lowest BCUT2D eigenvalue weighted by Crippen LogP contribution is -2.40. The lowest BCUT2D eigenvalue weighted by Gasteiger charge is -2.25. The van der Waals surface area contributed by atoms with Crippen LogP contribution in [-0.2, 0) is 4.79 Å². The summed E-state index contributed by atoms with van der Waals surface area (Å²) in [5.74, 6) is 0.307. The Morgan fingerprint density at radius 1 is 0.957 bits per heavy atom. The van der Waals surface area contributed by atoms with Crippen LogP contribution in [0.4, 0.5) is 0 Å². The van der Waals surface area contributed by atoms with Crippen molar-refractivity contribution >= 4 is 5.91 Å². The molecule has 6 nitrogen and oxygen atoms in total. The van der Waals surface area contributed by atoms with E-state index in [1.165, 1.54) is 0 Å². The monoisotopic (exact) mass is 329 g/mol. The van der Waals surface area contributed by atoms with Crippen LogP contribution >= 0.6 is 0 Å². The molecule has 1 unspecified atom stereocenters. The van der Waals surface area contributed by atoms with Crippen molar-refractivity contribution in [1.29, 1.82) is 0 Å². The van der Waals surface area contributed by atoms with E-state index in [2.05, 4.69) is 32.8 Å². The Kier molecular flexibility index (Phi) is 14.4. The summed E-state index contributed by atoms with van der Waals surface area (Å²) in [6.07, 6.45) is 1.91. The van der Waals surface area contributed by atoms with Gasteiger partial charge in [-0.15, -0.1) is 0 Å². The fourth-order valence-electron chi connectivity index (χ4n) is 2.22. The van der Waals surface area contributed by atoms with Crippen LogP contribution in [0.25, 0.3) is 0 Å². The third-order valence-electron chi connectivity index (χ3n) is 4.23. The first-order valence-corrected chi connectivity index (χ1v) is 9.02. The minimum Gasteiger partial charge on any atom is -0.356 e. The number of carbonyl (C=O) groups excluding carboxylic acids is 1. The van der Waals surface area contributed by atoms with Crippen molar-refractivity contribution in [3.05, 3.63) is 0 Å². The van der Waals surface area contributed by atoms with Crippen molar-refractivity contribution in [2.75, 3.05) is 73.5 Å². The highest BCUT2D eigenvalue weighted by atomic mass is 16.1. The molecule has 0 aromatic carbocycles. The van der Waals surface area contributed by atoms with Gasteiger partial charge in [0.1, 0.15) is 0 Å². The van der Waals surface area contributed by atoms with E-state index in [-0.39, 0.29) is 11.8 Å². The number of hydrogen-bond acceptors (Lipinski definition) is 5. The summed E-state index contributed by atoms with van der Waals surface area (Å²) in [5.41, 5.74) is 0. The molecule has 0 aromatic rings. The second kappa shape index (κ2) is 14.9. The molecule has 3 N–H and O–H groups in total. The summed E-state index contributed by atoms with van der Waals surface area (Å²) in [6.45, 7) is 12.2. The Bertz CT molecular complexity index is 280. The normalized spacial score (nSPS) is 12.8. The van der Waals surface area contributed by atoms with Gasteiger partial charge in [0, 0.05) is 51.7 Å². The minimum absolute atomic E-state index is 0.126. The van der Waals surface area contributed by atoms with Gasteiger partial charge in [0.2, 0.25) is 5.91 Å². The Morgan fingerprint density at radius 3 is 2.09 bits per heavy atom. The second-order valence-electron chi connectivity index (χ2n) is 6.31. The van der Waals surface area contributed by atoms with Gasteiger partial charge in [0.05, 0.1) is 0 Å². The molecule has 0 fully saturated rings. The standard InChI is InChI=1S/C17H39N5O/c1-6-16(2)17(23)20-8-7-11-21(5)14-15-22(12-9-18-3)13-10-19-4/h16,18-19H,6-15H2,1-5H3,(H,20,23). The van der Waals surface area contributed by atoms with Crippen LogP contribution in [0.2, 0.25) is 0 Å². The van der Waals surface area contributed by atoms with Gasteiger partial charge in [0.25, 0.3) is 0 Å². The van der Waals surface area contributed by atoms with Gasteiger partial charge in [-0.05, 0) is 40.5 Å². The van der Waals surface area contributed by atoms with Crippen LogP contribution in [0.15, 0.2) is 0 Å². The lowest BCUT2D eigenvalue weighted by atomic mass is 10.1. The van der Waals surface area contributed by atoms with Gasteiger partial charge in [-0.2, -0.15) is 0 Å². The predicted molar refractivity (Wildman–Crippen MR) is 98.9 cm³/mol. The number of carbonyl (C=O) groups is 1. The zero-order chi connectivity index (χ0) is 17.5. The Morgan fingerprint density at radius 2 is 1.57 bits per heavy atom. The van der Waals surface area contributed by atoms with E-state index in [1.54, 1.807) is 0 Å². The molecule has 0 rings (SSSR count). The first-order valence-electron chi connectivity index (χ1n) is 9.02. The van der Waals surface area contributed by atoms with Crippen LogP contribution in [0.5, 0.6) is 0 Å². The number of likely N-dealkylation sites (N-methyl/N-ethyl adjacent to an activating group) is 3. The summed E-state index contributed by atoms with van der Waals surface area (Å²) in [6, 6.07) is 0. The van der Waals surface area contributed by atoms with Crippen molar-refractivity contribution < 1.29 is 4.79 Å².